The van der Waals surface area contributed by atoms with E-state index in [2.05, 4.69) is 9.71 Å². The fourth-order valence-electron chi connectivity index (χ4n) is 3.13. The molecule has 1 saturated carbocycles. The highest BCUT2D eigenvalue weighted by Crippen LogP contribution is 2.29. The van der Waals surface area contributed by atoms with Gasteiger partial charge in [0.15, 0.2) is 0 Å². The van der Waals surface area contributed by atoms with Gasteiger partial charge in [-0.25, -0.2) is 12.8 Å². The van der Waals surface area contributed by atoms with Crippen LogP contribution in [0.1, 0.15) is 23.2 Å². The largest absolute Gasteiger partial charge is 0.339 e. The maximum Gasteiger partial charge on any atom is 0.261 e. The molecule has 0 bridgehead atoms. The first-order chi connectivity index (χ1) is 13.7. The number of carbonyl (C=O) groups is 1. The van der Waals surface area contributed by atoms with Gasteiger partial charge in [0, 0.05) is 35.7 Å². The summed E-state index contributed by atoms with van der Waals surface area (Å²) in [5.74, 6) is -0.810. The van der Waals surface area contributed by atoms with E-state index in [-0.39, 0.29) is 28.1 Å². The molecule has 0 spiro atoms. The Bertz CT molecular complexity index is 1270. The molecular weight excluding hydrogens is 397 g/mol. The zero-order valence-corrected chi connectivity index (χ0v) is 16.3. The molecule has 7 nitrogen and oxygen atoms in total. The lowest BCUT2D eigenvalue weighted by Gasteiger charge is -2.17. The zero-order chi connectivity index (χ0) is 20.8. The van der Waals surface area contributed by atoms with E-state index in [1.165, 1.54) is 36.4 Å². The Morgan fingerprint density at radius 1 is 1.14 bits per heavy atom. The van der Waals surface area contributed by atoms with Gasteiger partial charge in [0.05, 0.1) is 10.5 Å². The number of halogens is 1. The summed E-state index contributed by atoms with van der Waals surface area (Å²) >= 11 is 0. The summed E-state index contributed by atoms with van der Waals surface area (Å²) in [7, 11) is -2.31. The summed E-state index contributed by atoms with van der Waals surface area (Å²) < 4.78 is 40.9. The van der Waals surface area contributed by atoms with Gasteiger partial charge in [0.2, 0.25) is 5.56 Å². The predicted molar refractivity (Wildman–Crippen MR) is 107 cm³/mol. The normalized spacial score (nSPS) is 14.0. The van der Waals surface area contributed by atoms with Gasteiger partial charge in [-0.15, -0.1) is 0 Å². The van der Waals surface area contributed by atoms with Crippen molar-refractivity contribution in [2.75, 3.05) is 11.8 Å². The monoisotopic (exact) mass is 415 g/mol. The molecule has 150 valence electrons. The Hall–Kier alpha value is -3.20. The number of aromatic nitrogens is 1. The molecule has 9 heteroatoms. The summed E-state index contributed by atoms with van der Waals surface area (Å²) in [6, 6.07) is 10.4. The fourth-order valence-corrected chi connectivity index (χ4v) is 4.21. The lowest BCUT2D eigenvalue weighted by molar-refractivity contribution is 0.0787. The number of hydrogen-bond donors (Lipinski definition) is 2. The van der Waals surface area contributed by atoms with Gasteiger partial charge in [-0.2, -0.15) is 0 Å². The molecule has 0 unspecified atom stereocenters. The first kappa shape index (κ1) is 19.1. The van der Waals surface area contributed by atoms with E-state index in [0.717, 1.165) is 25.0 Å². The lowest BCUT2D eigenvalue weighted by Crippen LogP contribution is -2.30. The van der Waals surface area contributed by atoms with Crippen LogP contribution in [0.3, 0.4) is 0 Å². The molecule has 29 heavy (non-hydrogen) atoms. The van der Waals surface area contributed by atoms with Gasteiger partial charge in [0.25, 0.3) is 15.9 Å². The molecule has 2 aromatic carbocycles. The van der Waals surface area contributed by atoms with Crippen LogP contribution in [-0.2, 0) is 10.0 Å². The van der Waals surface area contributed by atoms with E-state index >= 15 is 0 Å². The molecule has 1 heterocycles. The fraction of sp³-hybridized carbons (Fsp3) is 0.200. The third-order valence-corrected chi connectivity index (χ3v) is 6.25. The van der Waals surface area contributed by atoms with Crippen molar-refractivity contribution < 1.29 is 17.6 Å². The Labute approximate surface area is 166 Å². The number of pyridine rings is 1. The Kier molecular flexibility index (Phi) is 4.62. The second-order valence-corrected chi connectivity index (χ2v) is 8.70. The molecule has 0 atom stereocenters. The third-order valence-electron chi connectivity index (χ3n) is 4.87. The van der Waals surface area contributed by atoms with Crippen molar-refractivity contribution in [2.24, 2.45) is 0 Å². The SMILES string of the molecule is CN(C(=O)c1cc(=O)[nH]c2ccc(S(=O)(=O)Nc3ccc(F)cc3)cc12)C1CC1. The summed E-state index contributed by atoms with van der Waals surface area (Å²) in [5.41, 5.74) is 0.283. The summed E-state index contributed by atoms with van der Waals surface area (Å²) in [4.78, 5) is 28.9. The predicted octanol–water partition coefficient (Wildman–Crippen LogP) is 2.70. The molecular formula is C20H18FN3O4S. The van der Waals surface area contributed by atoms with Crippen molar-refractivity contribution in [3.63, 3.8) is 0 Å². The third kappa shape index (κ3) is 3.86. The van der Waals surface area contributed by atoms with Gasteiger partial charge in [0.1, 0.15) is 5.82 Å². The van der Waals surface area contributed by atoms with E-state index < -0.39 is 21.4 Å². The number of H-pyrrole nitrogens is 1. The molecule has 0 aliphatic heterocycles. The molecule has 0 radical (unpaired) electrons. The smallest absolute Gasteiger partial charge is 0.261 e. The summed E-state index contributed by atoms with van der Waals surface area (Å²) in [6.07, 6.45) is 1.81. The standard InChI is InChI=1S/C20H18FN3O4S/c1-24(14-6-7-14)20(26)17-11-19(25)22-18-9-8-15(10-16(17)18)29(27,28)23-13-4-2-12(21)3-5-13/h2-5,8-11,14,23H,6-7H2,1H3,(H,22,25). The average Bonchev–Trinajstić information content (AvgIpc) is 3.52. The zero-order valence-electron chi connectivity index (χ0n) is 15.5. The van der Waals surface area contributed by atoms with Gasteiger partial charge < -0.3 is 9.88 Å². The van der Waals surface area contributed by atoms with Gasteiger partial charge in [-0.3, -0.25) is 14.3 Å². The van der Waals surface area contributed by atoms with E-state index in [1.54, 1.807) is 11.9 Å². The number of anilines is 1. The average molecular weight is 415 g/mol. The van der Waals surface area contributed by atoms with E-state index in [1.807, 2.05) is 0 Å². The highest BCUT2D eigenvalue weighted by Gasteiger charge is 2.31. The summed E-state index contributed by atoms with van der Waals surface area (Å²) in [5, 5.41) is 0.337. The molecule has 4 rings (SSSR count). The number of rotatable bonds is 5. The quantitative estimate of drug-likeness (QED) is 0.669. The number of benzene rings is 2. The lowest BCUT2D eigenvalue weighted by atomic mass is 10.1. The minimum Gasteiger partial charge on any atom is -0.339 e. The van der Waals surface area contributed by atoms with Crippen LogP contribution in [0.15, 0.2) is 58.2 Å². The number of nitrogens with zero attached hydrogens (tertiary/aromatic N) is 1. The van der Waals surface area contributed by atoms with E-state index in [9.17, 15) is 22.4 Å². The molecule has 1 aromatic heterocycles. The van der Waals surface area contributed by atoms with Crippen LogP contribution in [0, 0.1) is 5.82 Å². The van der Waals surface area contributed by atoms with Crippen LogP contribution >= 0.6 is 0 Å². The maximum atomic E-state index is 13.1. The maximum absolute atomic E-state index is 13.1. The highest BCUT2D eigenvalue weighted by atomic mass is 32.2. The van der Waals surface area contributed by atoms with Gasteiger partial charge in [-0.05, 0) is 55.3 Å². The molecule has 3 aromatic rings. The van der Waals surface area contributed by atoms with Crippen LogP contribution in [0.25, 0.3) is 10.9 Å². The molecule has 0 saturated heterocycles. The van der Waals surface area contributed by atoms with Crippen LogP contribution in [0.4, 0.5) is 10.1 Å². The van der Waals surface area contributed by atoms with Crippen molar-refractivity contribution in [3.05, 3.63) is 70.3 Å². The van der Waals surface area contributed by atoms with Gasteiger partial charge in [-0.1, -0.05) is 0 Å². The second kappa shape index (κ2) is 7.00. The molecule has 1 aliphatic carbocycles. The number of aromatic amines is 1. The molecule has 2 N–H and O–H groups in total. The Balaban J connectivity index is 1.77. The highest BCUT2D eigenvalue weighted by molar-refractivity contribution is 7.92. The minimum absolute atomic E-state index is 0.0792. The molecule has 1 fully saturated rings. The van der Waals surface area contributed by atoms with E-state index in [0.29, 0.717) is 10.9 Å². The molecule has 1 amide bonds. The molecule has 1 aliphatic rings. The van der Waals surface area contributed by atoms with Crippen LogP contribution in [0.5, 0.6) is 0 Å². The van der Waals surface area contributed by atoms with E-state index in [4.69, 9.17) is 0 Å². The minimum atomic E-state index is -3.98. The van der Waals surface area contributed by atoms with Crippen molar-refractivity contribution in [3.8, 4) is 0 Å². The number of hydrogen-bond acceptors (Lipinski definition) is 4. The van der Waals surface area contributed by atoms with Crippen molar-refractivity contribution in [2.45, 2.75) is 23.8 Å². The number of sulfonamides is 1. The number of fused-ring (bicyclic) bond motifs is 1. The van der Waals surface area contributed by atoms with Crippen molar-refractivity contribution in [1.82, 2.24) is 9.88 Å². The first-order valence-corrected chi connectivity index (χ1v) is 10.5. The number of nitrogens with one attached hydrogen (secondary N) is 2. The van der Waals surface area contributed by atoms with Gasteiger partial charge >= 0.3 is 0 Å². The van der Waals surface area contributed by atoms with Crippen molar-refractivity contribution >= 4 is 32.5 Å². The topological polar surface area (TPSA) is 99.3 Å². The Morgan fingerprint density at radius 3 is 2.48 bits per heavy atom. The second-order valence-electron chi connectivity index (χ2n) is 7.01. The Morgan fingerprint density at radius 2 is 1.83 bits per heavy atom. The van der Waals surface area contributed by atoms with Crippen molar-refractivity contribution in [1.29, 1.82) is 0 Å². The number of amides is 1. The number of carbonyl (C=O) groups excluding carboxylic acids is 1. The summed E-state index contributed by atoms with van der Waals surface area (Å²) in [6.45, 7) is 0. The van der Waals surface area contributed by atoms with Crippen LogP contribution < -0.4 is 10.3 Å². The van der Waals surface area contributed by atoms with Crippen LogP contribution in [0.2, 0.25) is 0 Å². The van der Waals surface area contributed by atoms with Crippen LogP contribution in [-0.4, -0.2) is 37.3 Å². The first-order valence-electron chi connectivity index (χ1n) is 8.97.